The Balaban J connectivity index is 2.63. The number of alkyl halides is 1. The third-order valence-electron chi connectivity index (χ3n) is 4.02. The maximum absolute atomic E-state index is 12.0. The Labute approximate surface area is 142 Å². The van der Waals surface area contributed by atoms with Crippen molar-refractivity contribution in [1.82, 2.24) is 0 Å². The third kappa shape index (κ3) is 2.47. The van der Waals surface area contributed by atoms with Crippen molar-refractivity contribution in [3.63, 3.8) is 0 Å². The molecule has 0 fully saturated rings. The molecule has 2 heterocycles. The normalized spacial score (nSPS) is 11.2. The van der Waals surface area contributed by atoms with Crippen LogP contribution in [-0.4, -0.2) is 0 Å². The minimum atomic E-state index is -0.359. The molecule has 0 spiro atoms. The molecular weight excluding hydrogens is 356 g/mol. The molecule has 1 aromatic carbocycles. The average Bonchev–Trinajstić information content (AvgIpc) is 2.90. The topological polar surface area (TPSA) is 43.4 Å². The third-order valence-corrected chi connectivity index (χ3v) is 4.58. The van der Waals surface area contributed by atoms with Gasteiger partial charge >= 0.3 is 5.63 Å². The number of rotatable bonds is 5. The number of hydrogen-bond donors (Lipinski definition) is 0. The van der Waals surface area contributed by atoms with Crippen molar-refractivity contribution in [1.29, 1.82) is 0 Å². The van der Waals surface area contributed by atoms with Gasteiger partial charge in [0.2, 0.25) is 0 Å². The second kappa shape index (κ2) is 6.20. The van der Waals surface area contributed by atoms with E-state index in [4.69, 9.17) is 8.83 Å². The first-order valence-electron chi connectivity index (χ1n) is 7.38. The van der Waals surface area contributed by atoms with E-state index in [9.17, 15) is 4.79 Å². The minimum Gasteiger partial charge on any atom is -0.464 e. The molecule has 0 unspecified atom stereocenters. The van der Waals surface area contributed by atoms with Crippen molar-refractivity contribution in [2.45, 2.75) is 25.1 Å². The van der Waals surface area contributed by atoms with Gasteiger partial charge in [0.15, 0.2) is 0 Å². The summed E-state index contributed by atoms with van der Waals surface area (Å²) in [7, 11) is 0. The summed E-state index contributed by atoms with van der Waals surface area (Å²) >= 11 is 3.58. The van der Waals surface area contributed by atoms with Gasteiger partial charge in [-0.15, -0.1) is 13.2 Å². The summed E-state index contributed by atoms with van der Waals surface area (Å²) < 4.78 is 11.3. The standard InChI is InChI=1S/C19H17BrO3/c1-4-6-12-8-15(21)23-19-13(7-5-2)18-16(11(3)10-22-18)14(9-20)17(12)19/h4-5,8,10H,1-2,6-7,9H2,3H3. The summed E-state index contributed by atoms with van der Waals surface area (Å²) in [4.78, 5) is 12.0. The summed E-state index contributed by atoms with van der Waals surface area (Å²) in [6.45, 7) is 9.63. The first kappa shape index (κ1) is 15.8. The number of benzene rings is 1. The highest BCUT2D eigenvalue weighted by molar-refractivity contribution is 9.08. The van der Waals surface area contributed by atoms with Gasteiger partial charge in [-0.1, -0.05) is 28.1 Å². The molecule has 2 aromatic heterocycles. The SMILES string of the molecule is C=CCc1c2occ(C)c2c(CBr)c2c(CC=C)cc(=O)oc12. The lowest BCUT2D eigenvalue weighted by molar-refractivity contribution is 0.553. The van der Waals surface area contributed by atoms with Crippen molar-refractivity contribution in [3.05, 3.63) is 70.3 Å². The van der Waals surface area contributed by atoms with Gasteiger partial charge in [-0.25, -0.2) is 4.79 Å². The number of aryl methyl sites for hydroxylation is 1. The smallest absolute Gasteiger partial charge is 0.336 e. The summed E-state index contributed by atoms with van der Waals surface area (Å²) in [5.41, 5.74) is 4.93. The molecule has 4 heteroatoms. The van der Waals surface area contributed by atoms with E-state index in [1.807, 2.05) is 6.92 Å². The maximum Gasteiger partial charge on any atom is 0.336 e. The fourth-order valence-corrected chi connectivity index (χ4v) is 3.69. The predicted octanol–water partition coefficient (Wildman–Crippen LogP) is 5.20. The van der Waals surface area contributed by atoms with Crippen LogP contribution in [0.3, 0.4) is 0 Å². The van der Waals surface area contributed by atoms with Gasteiger partial charge in [-0.3, -0.25) is 0 Å². The summed E-state index contributed by atoms with van der Waals surface area (Å²) in [5.74, 6) is 0. The van der Waals surface area contributed by atoms with Gasteiger partial charge in [-0.05, 0) is 36.5 Å². The highest BCUT2D eigenvalue weighted by Gasteiger charge is 2.21. The Bertz CT molecular complexity index is 976. The van der Waals surface area contributed by atoms with Crippen LogP contribution in [0, 0.1) is 6.92 Å². The molecule has 3 nitrogen and oxygen atoms in total. The zero-order valence-electron chi connectivity index (χ0n) is 12.9. The highest BCUT2D eigenvalue weighted by Crippen LogP contribution is 2.38. The van der Waals surface area contributed by atoms with Gasteiger partial charge in [0.25, 0.3) is 0 Å². The van der Waals surface area contributed by atoms with Crippen LogP contribution in [0.25, 0.3) is 21.9 Å². The van der Waals surface area contributed by atoms with Crippen LogP contribution in [0.5, 0.6) is 0 Å². The molecule has 3 rings (SSSR count). The second-order valence-electron chi connectivity index (χ2n) is 5.49. The van der Waals surface area contributed by atoms with E-state index in [2.05, 4.69) is 29.1 Å². The molecule has 0 aliphatic carbocycles. The van der Waals surface area contributed by atoms with Crippen LogP contribution in [-0.2, 0) is 18.2 Å². The van der Waals surface area contributed by atoms with Gasteiger partial charge in [0.05, 0.1) is 6.26 Å². The zero-order valence-corrected chi connectivity index (χ0v) is 14.5. The van der Waals surface area contributed by atoms with Crippen LogP contribution in [0.1, 0.15) is 22.3 Å². The fourth-order valence-electron chi connectivity index (χ4n) is 3.13. The minimum absolute atomic E-state index is 0.359. The van der Waals surface area contributed by atoms with E-state index in [-0.39, 0.29) is 5.63 Å². The number of fused-ring (bicyclic) bond motifs is 2. The van der Waals surface area contributed by atoms with Crippen LogP contribution in [0.15, 0.2) is 51.3 Å². The Hall–Kier alpha value is -2.07. The summed E-state index contributed by atoms with van der Waals surface area (Å²) in [5, 5.41) is 2.69. The maximum atomic E-state index is 12.0. The Morgan fingerprint density at radius 2 is 1.87 bits per heavy atom. The molecule has 118 valence electrons. The molecule has 0 radical (unpaired) electrons. The molecule has 0 bridgehead atoms. The molecule has 3 aromatic rings. The van der Waals surface area contributed by atoms with E-state index in [0.717, 1.165) is 38.6 Å². The van der Waals surface area contributed by atoms with Crippen LogP contribution < -0.4 is 5.63 Å². The fraction of sp³-hybridized carbons (Fsp3) is 0.211. The molecule has 0 amide bonds. The van der Waals surface area contributed by atoms with Crippen molar-refractivity contribution in [3.8, 4) is 0 Å². The monoisotopic (exact) mass is 372 g/mol. The lowest BCUT2D eigenvalue weighted by Crippen LogP contribution is -2.04. The first-order chi connectivity index (χ1) is 11.1. The van der Waals surface area contributed by atoms with E-state index >= 15 is 0 Å². The van der Waals surface area contributed by atoms with E-state index in [0.29, 0.717) is 23.8 Å². The van der Waals surface area contributed by atoms with Gasteiger partial charge < -0.3 is 8.83 Å². The van der Waals surface area contributed by atoms with Crippen molar-refractivity contribution < 1.29 is 8.83 Å². The molecule has 0 saturated heterocycles. The molecule has 23 heavy (non-hydrogen) atoms. The number of furan rings is 1. The number of hydrogen-bond acceptors (Lipinski definition) is 3. The first-order valence-corrected chi connectivity index (χ1v) is 8.50. The largest absolute Gasteiger partial charge is 0.464 e. The molecular formula is C19H17BrO3. The van der Waals surface area contributed by atoms with Gasteiger partial charge in [0.1, 0.15) is 11.2 Å². The quantitative estimate of drug-likeness (QED) is 0.351. The van der Waals surface area contributed by atoms with Gasteiger partial charge in [0, 0.05) is 27.7 Å². The highest BCUT2D eigenvalue weighted by atomic mass is 79.9. The Morgan fingerprint density at radius 1 is 1.13 bits per heavy atom. The van der Waals surface area contributed by atoms with Crippen molar-refractivity contribution in [2.75, 3.05) is 0 Å². The van der Waals surface area contributed by atoms with E-state index in [1.165, 1.54) is 0 Å². The second-order valence-corrected chi connectivity index (χ2v) is 6.05. The molecule has 0 aliphatic rings. The molecule has 0 atom stereocenters. The molecule has 0 N–H and O–H groups in total. The molecule has 0 aliphatic heterocycles. The van der Waals surface area contributed by atoms with Crippen LogP contribution in [0.2, 0.25) is 0 Å². The number of allylic oxidation sites excluding steroid dienone is 2. The molecule has 0 saturated carbocycles. The summed E-state index contributed by atoms with van der Waals surface area (Å²) in [6, 6.07) is 1.55. The van der Waals surface area contributed by atoms with Crippen LogP contribution >= 0.6 is 15.9 Å². The Morgan fingerprint density at radius 3 is 2.52 bits per heavy atom. The van der Waals surface area contributed by atoms with E-state index < -0.39 is 0 Å². The number of halogens is 1. The predicted molar refractivity (Wildman–Crippen MR) is 97.4 cm³/mol. The van der Waals surface area contributed by atoms with E-state index in [1.54, 1.807) is 24.5 Å². The Kier molecular flexibility index (Phi) is 4.26. The lowest BCUT2D eigenvalue weighted by atomic mass is 9.94. The lowest BCUT2D eigenvalue weighted by Gasteiger charge is -2.13. The van der Waals surface area contributed by atoms with Crippen molar-refractivity contribution in [2.24, 2.45) is 0 Å². The summed E-state index contributed by atoms with van der Waals surface area (Å²) in [6.07, 6.45) is 6.51. The van der Waals surface area contributed by atoms with Crippen LogP contribution in [0.4, 0.5) is 0 Å². The zero-order chi connectivity index (χ0) is 16.6. The van der Waals surface area contributed by atoms with Gasteiger partial charge in [-0.2, -0.15) is 0 Å². The average molecular weight is 373 g/mol. The van der Waals surface area contributed by atoms with Crippen molar-refractivity contribution >= 4 is 37.9 Å².